The van der Waals surface area contributed by atoms with Gasteiger partial charge >= 0.3 is 12.4 Å². The monoisotopic (exact) mass is 326 g/mol. The molecule has 0 aromatic carbocycles. The first-order valence-corrected chi connectivity index (χ1v) is 7.60. The average molecular weight is 326 g/mol. The predicted octanol–water partition coefficient (Wildman–Crippen LogP) is 3.94. The second kappa shape index (κ2) is 4.02. The van der Waals surface area contributed by atoms with Crippen LogP contribution in [-0.2, 0) is 0 Å². The van der Waals surface area contributed by atoms with Gasteiger partial charge in [-0.3, -0.25) is 0 Å². The largest absolute Gasteiger partial charge is 0.426 e. The zero-order valence-corrected chi connectivity index (χ0v) is 11.5. The lowest BCUT2D eigenvalue weighted by atomic mass is 9.64. The second-order valence-electron chi connectivity index (χ2n) is 7.37. The van der Waals surface area contributed by atoms with Gasteiger partial charge in [0.1, 0.15) is 0 Å². The molecule has 3 saturated carbocycles. The molecule has 4 bridgehead atoms. The van der Waals surface area contributed by atoms with Crippen LogP contribution in [0.15, 0.2) is 12.2 Å². The van der Waals surface area contributed by atoms with Gasteiger partial charge in [0, 0.05) is 5.92 Å². The molecule has 1 nitrogen and oxygen atoms in total. The van der Waals surface area contributed by atoms with E-state index in [1.165, 1.54) is 0 Å². The molecule has 0 aromatic rings. The highest BCUT2D eigenvalue weighted by molar-refractivity contribution is 5.22. The fraction of sp³-hybridized carbons (Fsp3) is 0.867. The van der Waals surface area contributed by atoms with Crippen LogP contribution < -0.4 is 0 Å². The molecule has 3 fully saturated rings. The predicted molar refractivity (Wildman–Crippen MR) is 64.5 cm³/mol. The maximum absolute atomic E-state index is 13.1. The van der Waals surface area contributed by atoms with Gasteiger partial charge in [-0.1, -0.05) is 12.2 Å². The van der Waals surface area contributed by atoms with E-state index in [1.807, 2.05) is 6.08 Å². The van der Waals surface area contributed by atoms with E-state index >= 15 is 0 Å². The molecule has 7 unspecified atom stereocenters. The molecule has 0 radical (unpaired) electrons. The Balaban J connectivity index is 1.71. The normalized spacial score (nSPS) is 46.6. The third-order valence-electron chi connectivity index (χ3n) is 6.67. The quantitative estimate of drug-likeness (QED) is 0.440. The highest BCUT2D eigenvalue weighted by Gasteiger charge is 2.78. The minimum absolute atomic E-state index is 0.0958. The number of aliphatic hydroxyl groups is 1. The number of allylic oxidation sites excluding steroid dienone is 2. The Labute approximate surface area is 123 Å². The van der Waals surface area contributed by atoms with Crippen LogP contribution in [0.5, 0.6) is 0 Å². The van der Waals surface area contributed by atoms with Crippen molar-refractivity contribution in [3.63, 3.8) is 0 Å². The average Bonchev–Trinajstić information content (AvgIpc) is 3.12. The molecule has 22 heavy (non-hydrogen) atoms. The van der Waals surface area contributed by atoms with E-state index in [4.69, 9.17) is 0 Å². The summed E-state index contributed by atoms with van der Waals surface area (Å²) in [5.41, 5.74) is -4.57. The molecule has 4 aliphatic carbocycles. The molecule has 4 rings (SSSR count). The Morgan fingerprint density at radius 2 is 1.32 bits per heavy atom. The van der Waals surface area contributed by atoms with E-state index in [0.717, 1.165) is 6.42 Å². The van der Waals surface area contributed by atoms with Gasteiger partial charge < -0.3 is 5.11 Å². The zero-order valence-electron chi connectivity index (χ0n) is 11.5. The van der Waals surface area contributed by atoms with Gasteiger partial charge in [0.25, 0.3) is 5.60 Å². The Morgan fingerprint density at radius 3 is 1.86 bits per heavy atom. The third-order valence-corrected chi connectivity index (χ3v) is 6.67. The standard InChI is InChI=1S/C15H16F6O/c16-14(17,18)13(22,15(19,20)21)10-5-8-4-9(10)12-7-2-1-6(3-7)11(8)12/h1-2,6-12,22H,3-5H2. The van der Waals surface area contributed by atoms with Crippen molar-refractivity contribution in [1.29, 1.82) is 0 Å². The van der Waals surface area contributed by atoms with Crippen LogP contribution in [-0.4, -0.2) is 23.1 Å². The molecule has 7 atom stereocenters. The lowest BCUT2D eigenvalue weighted by Crippen LogP contribution is -2.63. The van der Waals surface area contributed by atoms with Crippen LogP contribution in [0.3, 0.4) is 0 Å². The molecular weight excluding hydrogens is 310 g/mol. The highest BCUT2D eigenvalue weighted by atomic mass is 19.4. The minimum atomic E-state index is -5.69. The molecule has 7 heteroatoms. The summed E-state index contributed by atoms with van der Waals surface area (Å²) in [6.07, 6.45) is -6.29. The smallest absolute Gasteiger partial charge is 0.373 e. The first-order valence-electron chi connectivity index (χ1n) is 7.60. The van der Waals surface area contributed by atoms with Gasteiger partial charge in [-0.25, -0.2) is 0 Å². The van der Waals surface area contributed by atoms with E-state index in [0.29, 0.717) is 12.3 Å². The summed E-state index contributed by atoms with van der Waals surface area (Å²) in [4.78, 5) is 0. The molecule has 0 heterocycles. The number of hydrogen-bond donors (Lipinski definition) is 1. The topological polar surface area (TPSA) is 20.2 Å². The molecular formula is C15H16F6O. The zero-order chi connectivity index (χ0) is 16.1. The molecule has 0 saturated heterocycles. The minimum Gasteiger partial charge on any atom is -0.373 e. The number of rotatable bonds is 1. The van der Waals surface area contributed by atoms with Gasteiger partial charge in [0.15, 0.2) is 0 Å². The first-order chi connectivity index (χ1) is 10.1. The lowest BCUT2D eigenvalue weighted by molar-refractivity contribution is -0.390. The number of fused-ring (bicyclic) bond motifs is 9. The summed E-state index contributed by atoms with van der Waals surface area (Å²) >= 11 is 0. The number of alkyl halides is 6. The van der Waals surface area contributed by atoms with E-state index in [-0.39, 0.29) is 30.1 Å². The van der Waals surface area contributed by atoms with Crippen molar-refractivity contribution >= 4 is 0 Å². The van der Waals surface area contributed by atoms with Crippen LogP contribution in [0.25, 0.3) is 0 Å². The molecule has 124 valence electrons. The summed E-state index contributed by atoms with van der Waals surface area (Å²) < 4.78 is 78.7. The molecule has 0 amide bonds. The molecule has 1 N–H and O–H groups in total. The van der Waals surface area contributed by atoms with Gasteiger partial charge in [-0.2, -0.15) is 26.3 Å². The highest BCUT2D eigenvalue weighted by Crippen LogP contribution is 2.70. The van der Waals surface area contributed by atoms with E-state index in [9.17, 15) is 31.4 Å². The number of hydrogen-bond acceptors (Lipinski definition) is 1. The Hall–Kier alpha value is -0.720. The van der Waals surface area contributed by atoms with Crippen molar-refractivity contribution in [1.82, 2.24) is 0 Å². The van der Waals surface area contributed by atoms with Gasteiger partial charge in [-0.05, 0) is 54.8 Å². The summed E-state index contributed by atoms with van der Waals surface area (Å²) in [7, 11) is 0. The van der Waals surface area contributed by atoms with Crippen LogP contribution in [0, 0.1) is 41.4 Å². The summed E-state index contributed by atoms with van der Waals surface area (Å²) in [5, 5.41) is 9.73. The van der Waals surface area contributed by atoms with Crippen molar-refractivity contribution in [2.24, 2.45) is 41.4 Å². The fourth-order valence-electron chi connectivity index (χ4n) is 6.08. The number of halogens is 6. The molecule has 0 aliphatic heterocycles. The SMILES string of the molecule is OC(C1CC2CC1C1C3C=CC(C3)C21)(C(F)(F)F)C(F)(F)F. The van der Waals surface area contributed by atoms with Crippen LogP contribution in [0.1, 0.15) is 19.3 Å². The Morgan fingerprint density at radius 1 is 0.773 bits per heavy atom. The molecule has 0 aromatic heterocycles. The summed E-state index contributed by atoms with van der Waals surface area (Å²) in [6, 6.07) is 0. The second-order valence-corrected chi connectivity index (χ2v) is 7.37. The van der Waals surface area contributed by atoms with Gasteiger partial charge in [-0.15, -0.1) is 0 Å². The summed E-state index contributed by atoms with van der Waals surface area (Å²) in [6.45, 7) is 0. The van der Waals surface area contributed by atoms with Crippen LogP contribution in [0.2, 0.25) is 0 Å². The third kappa shape index (κ3) is 1.56. The van der Waals surface area contributed by atoms with Crippen molar-refractivity contribution in [2.45, 2.75) is 37.2 Å². The Kier molecular flexibility index (Phi) is 2.72. The van der Waals surface area contributed by atoms with Crippen molar-refractivity contribution < 1.29 is 31.4 Å². The maximum atomic E-state index is 13.1. The maximum Gasteiger partial charge on any atom is 0.426 e. The van der Waals surface area contributed by atoms with Crippen molar-refractivity contribution in [3.05, 3.63) is 12.2 Å². The van der Waals surface area contributed by atoms with E-state index in [2.05, 4.69) is 6.08 Å². The van der Waals surface area contributed by atoms with E-state index < -0.39 is 29.8 Å². The van der Waals surface area contributed by atoms with Gasteiger partial charge in [0.2, 0.25) is 0 Å². The molecule has 0 spiro atoms. The van der Waals surface area contributed by atoms with Crippen LogP contribution >= 0.6 is 0 Å². The van der Waals surface area contributed by atoms with Crippen molar-refractivity contribution in [2.75, 3.05) is 0 Å². The van der Waals surface area contributed by atoms with E-state index in [1.54, 1.807) is 0 Å². The molecule has 4 aliphatic rings. The first kappa shape index (κ1) is 14.8. The Bertz CT molecular complexity index is 507. The summed E-state index contributed by atoms with van der Waals surface area (Å²) in [5.74, 6) is -2.03. The van der Waals surface area contributed by atoms with Gasteiger partial charge in [0.05, 0.1) is 0 Å². The van der Waals surface area contributed by atoms with Crippen molar-refractivity contribution in [3.8, 4) is 0 Å². The van der Waals surface area contributed by atoms with Crippen LogP contribution in [0.4, 0.5) is 26.3 Å². The lowest BCUT2D eigenvalue weighted by Gasteiger charge is -2.45. The fourth-order valence-corrected chi connectivity index (χ4v) is 6.08.